The molecule has 0 saturated heterocycles. The van der Waals surface area contributed by atoms with Gasteiger partial charge in [0.05, 0.1) is 0 Å². The highest BCUT2D eigenvalue weighted by molar-refractivity contribution is 5.71. The Morgan fingerprint density at radius 2 is 0.577 bits per heavy atom. The predicted molar refractivity (Wildman–Crippen MR) is 307 cm³/mol. The summed E-state index contributed by atoms with van der Waals surface area (Å²) in [6, 6.07) is 0. The Kier molecular flexibility index (Phi) is 55.9. The van der Waals surface area contributed by atoms with Crippen molar-refractivity contribution in [3.63, 3.8) is 0 Å². The van der Waals surface area contributed by atoms with Gasteiger partial charge in [0.25, 0.3) is 0 Å². The van der Waals surface area contributed by atoms with E-state index in [4.69, 9.17) is 14.2 Å². The standard InChI is InChI=1S/C65H110O6/c1-4-7-10-13-16-19-22-24-26-28-30-31-32-33-35-36-38-40-43-46-49-52-55-58-64(67)70-61-62(60-69-63(66)57-54-51-48-45-42-21-18-15-12-9-6-3)71-65(68)59-56-53-50-47-44-41-39-37-34-29-27-25-23-20-17-14-11-8-5-2/h8,11,17,20,22,24-25,27-28,30,34,37,41,44,50,53,62H,4-7,9-10,12-16,18-19,21,23,26,29,31-33,35-36,38-40,42-43,45-49,51-52,54-61H2,1-3H3/b11-8-,20-17-,24-22-,27-25-,30-28-,37-34-,44-41-,53-50-. The third kappa shape index (κ3) is 57.1. The summed E-state index contributed by atoms with van der Waals surface area (Å²) in [6.07, 6.45) is 78.5. The summed E-state index contributed by atoms with van der Waals surface area (Å²) in [5.41, 5.74) is 0. The van der Waals surface area contributed by atoms with Gasteiger partial charge in [-0.2, -0.15) is 0 Å². The maximum Gasteiger partial charge on any atom is 0.306 e. The van der Waals surface area contributed by atoms with Crippen LogP contribution in [0.1, 0.15) is 278 Å². The van der Waals surface area contributed by atoms with E-state index >= 15 is 0 Å². The maximum absolute atomic E-state index is 12.8. The number of unbranched alkanes of at least 4 members (excludes halogenated alkanes) is 26. The predicted octanol–water partition coefficient (Wildman–Crippen LogP) is 20.1. The number of ether oxygens (including phenoxy) is 3. The number of carbonyl (C=O) groups excluding carboxylic acids is 3. The molecule has 71 heavy (non-hydrogen) atoms. The topological polar surface area (TPSA) is 78.9 Å². The second kappa shape index (κ2) is 58.9. The van der Waals surface area contributed by atoms with Crippen LogP contribution < -0.4 is 0 Å². The van der Waals surface area contributed by atoms with E-state index in [0.29, 0.717) is 19.3 Å². The fourth-order valence-electron chi connectivity index (χ4n) is 8.15. The van der Waals surface area contributed by atoms with Gasteiger partial charge in [0.2, 0.25) is 0 Å². The summed E-state index contributed by atoms with van der Waals surface area (Å²) in [7, 11) is 0. The van der Waals surface area contributed by atoms with Gasteiger partial charge in [-0.25, -0.2) is 0 Å². The molecule has 6 nitrogen and oxygen atoms in total. The molecule has 1 atom stereocenters. The average molecular weight is 988 g/mol. The van der Waals surface area contributed by atoms with Gasteiger partial charge in [0, 0.05) is 19.3 Å². The Balaban J connectivity index is 4.40. The lowest BCUT2D eigenvalue weighted by molar-refractivity contribution is -0.166. The van der Waals surface area contributed by atoms with Gasteiger partial charge in [-0.3, -0.25) is 14.4 Å². The van der Waals surface area contributed by atoms with Gasteiger partial charge in [-0.1, -0.05) is 266 Å². The smallest absolute Gasteiger partial charge is 0.306 e. The minimum Gasteiger partial charge on any atom is -0.462 e. The van der Waals surface area contributed by atoms with Crippen LogP contribution in [0.2, 0.25) is 0 Å². The van der Waals surface area contributed by atoms with E-state index in [2.05, 4.69) is 112 Å². The van der Waals surface area contributed by atoms with Crippen molar-refractivity contribution in [1.29, 1.82) is 0 Å². The average Bonchev–Trinajstić information content (AvgIpc) is 3.37. The molecule has 406 valence electrons. The first kappa shape index (κ1) is 67.3. The summed E-state index contributed by atoms with van der Waals surface area (Å²) in [5, 5.41) is 0. The zero-order valence-electron chi connectivity index (χ0n) is 46.5. The Bertz CT molecular complexity index is 1410. The van der Waals surface area contributed by atoms with E-state index in [9.17, 15) is 14.4 Å². The number of rotatable bonds is 53. The van der Waals surface area contributed by atoms with Gasteiger partial charge in [-0.15, -0.1) is 0 Å². The van der Waals surface area contributed by atoms with Crippen LogP contribution in [0.3, 0.4) is 0 Å². The molecule has 0 aliphatic carbocycles. The quantitative estimate of drug-likeness (QED) is 0.0261. The number of hydrogen-bond donors (Lipinski definition) is 0. The molecule has 0 N–H and O–H groups in total. The highest BCUT2D eigenvalue weighted by Gasteiger charge is 2.19. The molecule has 6 heteroatoms. The Morgan fingerprint density at radius 3 is 0.915 bits per heavy atom. The molecule has 0 radical (unpaired) electrons. The van der Waals surface area contributed by atoms with E-state index in [1.807, 2.05) is 6.08 Å². The van der Waals surface area contributed by atoms with E-state index in [1.165, 1.54) is 148 Å². The molecule has 0 rings (SSSR count). The SMILES string of the molecule is CC/C=C\C/C=C\C/C=C\C/C=C\C/C=C\C/C=C\CCC(=O)OC(COC(=O)CCCCCCCCCCCCC)COC(=O)CCCCCCCCCCCCC/C=C\C/C=C\CCCCCCC. The second-order valence-corrected chi connectivity index (χ2v) is 19.5. The highest BCUT2D eigenvalue weighted by Crippen LogP contribution is 2.15. The largest absolute Gasteiger partial charge is 0.462 e. The zero-order valence-corrected chi connectivity index (χ0v) is 46.5. The van der Waals surface area contributed by atoms with Gasteiger partial charge < -0.3 is 14.2 Å². The highest BCUT2D eigenvalue weighted by atomic mass is 16.6. The summed E-state index contributed by atoms with van der Waals surface area (Å²) < 4.78 is 16.8. The summed E-state index contributed by atoms with van der Waals surface area (Å²) in [4.78, 5) is 38.1. The van der Waals surface area contributed by atoms with Gasteiger partial charge in [0.15, 0.2) is 6.10 Å². The van der Waals surface area contributed by atoms with Gasteiger partial charge in [-0.05, 0) is 89.9 Å². The molecule has 0 aromatic heterocycles. The molecule has 0 amide bonds. The Labute approximate surface area is 438 Å². The van der Waals surface area contributed by atoms with E-state index < -0.39 is 12.1 Å². The molecule has 0 aromatic carbocycles. The zero-order chi connectivity index (χ0) is 51.4. The Morgan fingerprint density at radius 1 is 0.296 bits per heavy atom. The van der Waals surface area contributed by atoms with Crippen molar-refractivity contribution in [3.8, 4) is 0 Å². The second-order valence-electron chi connectivity index (χ2n) is 19.5. The van der Waals surface area contributed by atoms with Crippen LogP contribution in [0, 0.1) is 0 Å². The van der Waals surface area contributed by atoms with E-state index in [0.717, 1.165) is 83.5 Å². The first-order chi connectivity index (χ1) is 35.0. The van der Waals surface area contributed by atoms with Crippen LogP contribution >= 0.6 is 0 Å². The third-order valence-electron chi connectivity index (χ3n) is 12.6. The lowest BCUT2D eigenvalue weighted by Gasteiger charge is -2.18. The maximum atomic E-state index is 12.8. The van der Waals surface area contributed by atoms with Crippen molar-refractivity contribution < 1.29 is 28.6 Å². The van der Waals surface area contributed by atoms with Crippen molar-refractivity contribution in [2.75, 3.05) is 13.2 Å². The fourth-order valence-corrected chi connectivity index (χ4v) is 8.15. The van der Waals surface area contributed by atoms with Crippen LogP contribution in [0.4, 0.5) is 0 Å². The van der Waals surface area contributed by atoms with Crippen LogP contribution in [-0.4, -0.2) is 37.2 Å². The monoisotopic (exact) mass is 987 g/mol. The van der Waals surface area contributed by atoms with Crippen molar-refractivity contribution in [3.05, 3.63) is 97.2 Å². The van der Waals surface area contributed by atoms with Crippen molar-refractivity contribution >= 4 is 17.9 Å². The number of esters is 3. The minimum absolute atomic E-state index is 0.107. The van der Waals surface area contributed by atoms with Crippen LogP contribution in [-0.2, 0) is 28.6 Å². The molecular formula is C65H110O6. The molecule has 0 saturated carbocycles. The van der Waals surface area contributed by atoms with Crippen LogP contribution in [0.25, 0.3) is 0 Å². The molecule has 0 fully saturated rings. The van der Waals surface area contributed by atoms with Crippen molar-refractivity contribution in [2.24, 2.45) is 0 Å². The van der Waals surface area contributed by atoms with Crippen molar-refractivity contribution in [2.45, 2.75) is 284 Å². The number of allylic oxidation sites excluding steroid dienone is 16. The van der Waals surface area contributed by atoms with E-state index in [-0.39, 0.29) is 31.6 Å². The van der Waals surface area contributed by atoms with Gasteiger partial charge in [0.1, 0.15) is 13.2 Å². The molecule has 0 aromatic rings. The molecule has 0 aliphatic rings. The lowest BCUT2D eigenvalue weighted by Crippen LogP contribution is -2.30. The molecule has 1 unspecified atom stereocenters. The summed E-state index contributed by atoms with van der Waals surface area (Å²) >= 11 is 0. The van der Waals surface area contributed by atoms with Gasteiger partial charge >= 0.3 is 17.9 Å². The lowest BCUT2D eigenvalue weighted by atomic mass is 10.0. The van der Waals surface area contributed by atoms with Crippen LogP contribution in [0.15, 0.2) is 97.2 Å². The molecule has 0 aliphatic heterocycles. The summed E-state index contributed by atoms with van der Waals surface area (Å²) in [5.74, 6) is -0.989. The normalized spacial score (nSPS) is 12.8. The minimum atomic E-state index is -0.818. The number of hydrogen-bond acceptors (Lipinski definition) is 6. The summed E-state index contributed by atoms with van der Waals surface area (Å²) in [6.45, 7) is 6.46. The van der Waals surface area contributed by atoms with Crippen LogP contribution in [0.5, 0.6) is 0 Å². The third-order valence-corrected chi connectivity index (χ3v) is 12.6. The van der Waals surface area contributed by atoms with Crippen molar-refractivity contribution in [1.82, 2.24) is 0 Å². The molecular weight excluding hydrogens is 877 g/mol. The molecule has 0 heterocycles. The Hall–Kier alpha value is -3.67. The first-order valence-electron chi connectivity index (χ1n) is 29.7. The number of carbonyl (C=O) groups is 3. The van der Waals surface area contributed by atoms with E-state index in [1.54, 1.807) is 0 Å². The first-order valence-corrected chi connectivity index (χ1v) is 29.7. The fraction of sp³-hybridized carbons (Fsp3) is 0.708. The molecule has 0 bridgehead atoms. The molecule has 0 spiro atoms.